The second-order valence-corrected chi connectivity index (χ2v) is 6.09. The van der Waals surface area contributed by atoms with Crippen LogP contribution < -0.4 is 0 Å². The SMILES string of the molecule is CCc1ccc(CC)c(C(Br)c2ccc(F)cc2Cl)c1. The van der Waals surface area contributed by atoms with Crippen LogP contribution in [0, 0.1) is 5.82 Å². The minimum absolute atomic E-state index is 0.0166. The molecule has 0 spiro atoms. The van der Waals surface area contributed by atoms with Crippen LogP contribution in [0.15, 0.2) is 36.4 Å². The molecule has 106 valence electrons. The fourth-order valence-electron chi connectivity index (χ4n) is 2.30. The summed E-state index contributed by atoms with van der Waals surface area (Å²) < 4.78 is 13.2. The number of alkyl halides is 1. The van der Waals surface area contributed by atoms with Gasteiger partial charge in [0.15, 0.2) is 0 Å². The van der Waals surface area contributed by atoms with E-state index in [1.54, 1.807) is 6.07 Å². The molecule has 0 nitrogen and oxygen atoms in total. The summed E-state index contributed by atoms with van der Waals surface area (Å²) in [5.74, 6) is -0.309. The quantitative estimate of drug-likeness (QED) is 0.582. The van der Waals surface area contributed by atoms with E-state index < -0.39 is 0 Å². The van der Waals surface area contributed by atoms with Crippen LogP contribution in [0.4, 0.5) is 4.39 Å². The van der Waals surface area contributed by atoms with E-state index in [0.717, 1.165) is 18.4 Å². The molecular formula is C17H17BrClF. The molecular weight excluding hydrogens is 339 g/mol. The second kappa shape index (κ2) is 6.73. The molecule has 1 atom stereocenters. The van der Waals surface area contributed by atoms with Crippen LogP contribution in [0.25, 0.3) is 0 Å². The molecule has 0 heterocycles. The number of halogens is 3. The first kappa shape index (κ1) is 15.5. The zero-order valence-corrected chi connectivity index (χ0v) is 13.9. The number of hydrogen-bond acceptors (Lipinski definition) is 0. The van der Waals surface area contributed by atoms with Crippen molar-refractivity contribution in [1.29, 1.82) is 0 Å². The van der Waals surface area contributed by atoms with Crippen molar-refractivity contribution in [2.75, 3.05) is 0 Å². The number of rotatable bonds is 4. The topological polar surface area (TPSA) is 0 Å². The third kappa shape index (κ3) is 3.24. The summed E-state index contributed by atoms with van der Waals surface area (Å²) in [6, 6.07) is 11.1. The van der Waals surface area contributed by atoms with Gasteiger partial charge in [-0.2, -0.15) is 0 Å². The van der Waals surface area contributed by atoms with Crippen LogP contribution >= 0.6 is 27.5 Å². The van der Waals surface area contributed by atoms with Crippen molar-refractivity contribution < 1.29 is 4.39 Å². The molecule has 20 heavy (non-hydrogen) atoms. The van der Waals surface area contributed by atoms with E-state index in [-0.39, 0.29) is 10.6 Å². The van der Waals surface area contributed by atoms with Gasteiger partial charge in [0.05, 0.1) is 4.83 Å². The van der Waals surface area contributed by atoms with Gasteiger partial charge < -0.3 is 0 Å². The Labute approximate surface area is 133 Å². The van der Waals surface area contributed by atoms with Crippen LogP contribution in [-0.4, -0.2) is 0 Å². The molecule has 3 heteroatoms. The predicted molar refractivity (Wildman–Crippen MR) is 87.4 cm³/mol. The van der Waals surface area contributed by atoms with Crippen LogP contribution in [0.3, 0.4) is 0 Å². The highest BCUT2D eigenvalue weighted by atomic mass is 79.9. The van der Waals surface area contributed by atoms with Gasteiger partial charge in [0, 0.05) is 5.02 Å². The maximum Gasteiger partial charge on any atom is 0.124 e. The summed E-state index contributed by atoms with van der Waals surface area (Å²) in [5, 5.41) is 0.454. The van der Waals surface area contributed by atoms with Crippen molar-refractivity contribution >= 4 is 27.5 Å². The van der Waals surface area contributed by atoms with Gasteiger partial charge in [-0.25, -0.2) is 4.39 Å². The zero-order valence-electron chi connectivity index (χ0n) is 11.6. The van der Waals surface area contributed by atoms with Gasteiger partial charge in [0.2, 0.25) is 0 Å². The monoisotopic (exact) mass is 354 g/mol. The highest BCUT2D eigenvalue weighted by Crippen LogP contribution is 2.37. The first-order valence-corrected chi connectivity index (χ1v) is 8.06. The summed E-state index contributed by atoms with van der Waals surface area (Å²) in [4.78, 5) is -0.0166. The molecule has 2 rings (SSSR count). The lowest BCUT2D eigenvalue weighted by Crippen LogP contribution is -2.00. The Morgan fingerprint density at radius 3 is 2.40 bits per heavy atom. The van der Waals surface area contributed by atoms with Crippen molar-refractivity contribution in [2.45, 2.75) is 31.5 Å². The van der Waals surface area contributed by atoms with Crippen molar-refractivity contribution in [3.05, 3.63) is 69.5 Å². The van der Waals surface area contributed by atoms with Crippen LogP contribution in [0.1, 0.15) is 40.9 Å². The van der Waals surface area contributed by atoms with Gasteiger partial charge in [0.25, 0.3) is 0 Å². The number of aryl methyl sites for hydroxylation is 2. The summed E-state index contributed by atoms with van der Waals surface area (Å²) >= 11 is 9.89. The van der Waals surface area contributed by atoms with Crippen molar-refractivity contribution in [1.82, 2.24) is 0 Å². The average Bonchev–Trinajstić information content (AvgIpc) is 2.46. The van der Waals surface area contributed by atoms with Gasteiger partial charge in [-0.1, -0.05) is 65.6 Å². The Kier molecular flexibility index (Phi) is 5.22. The predicted octanol–water partition coefficient (Wildman–Crippen LogP) is 6.09. The Morgan fingerprint density at radius 1 is 1.05 bits per heavy atom. The van der Waals surface area contributed by atoms with Crippen LogP contribution in [0.5, 0.6) is 0 Å². The van der Waals surface area contributed by atoms with E-state index in [4.69, 9.17) is 11.6 Å². The largest absolute Gasteiger partial charge is 0.207 e. The number of benzene rings is 2. The molecule has 0 saturated heterocycles. The molecule has 0 fully saturated rings. The highest BCUT2D eigenvalue weighted by Gasteiger charge is 2.17. The van der Waals surface area contributed by atoms with Crippen molar-refractivity contribution in [3.8, 4) is 0 Å². The normalized spacial score (nSPS) is 12.4. The molecule has 0 radical (unpaired) electrons. The fraction of sp³-hybridized carbons (Fsp3) is 0.294. The minimum atomic E-state index is -0.309. The van der Waals surface area contributed by atoms with Crippen LogP contribution in [0.2, 0.25) is 5.02 Å². The molecule has 2 aromatic rings. The van der Waals surface area contributed by atoms with Gasteiger partial charge in [-0.3, -0.25) is 0 Å². The molecule has 0 N–H and O–H groups in total. The van der Waals surface area contributed by atoms with E-state index in [9.17, 15) is 4.39 Å². The summed E-state index contributed by atoms with van der Waals surface area (Å²) in [6.07, 6.45) is 1.95. The van der Waals surface area contributed by atoms with E-state index in [0.29, 0.717) is 5.02 Å². The Hall–Kier alpha value is -0.860. The van der Waals surface area contributed by atoms with Gasteiger partial charge >= 0.3 is 0 Å². The Bertz CT molecular complexity index is 610. The van der Waals surface area contributed by atoms with Gasteiger partial charge in [-0.15, -0.1) is 0 Å². The second-order valence-electron chi connectivity index (χ2n) is 4.77. The number of hydrogen-bond donors (Lipinski definition) is 0. The molecule has 0 aromatic heterocycles. The third-order valence-corrected chi connectivity index (χ3v) is 4.82. The summed E-state index contributed by atoms with van der Waals surface area (Å²) in [7, 11) is 0. The van der Waals surface area contributed by atoms with Crippen LogP contribution in [-0.2, 0) is 12.8 Å². The van der Waals surface area contributed by atoms with Crippen molar-refractivity contribution in [2.24, 2.45) is 0 Å². The zero-order chi connectivity index (χ0) is 14.7. The van der Waals surface area contributed by atoms with E-state index in [1.165, 1.54) is 28.8 Å². The fourth-order valence-corrected chi connectivity index (χ4v) is 3.53. The molecule has 0 aliphatic rings. The van der Waals surface area contributed by atoms with E-state index in [2.05, 4.69) is 48.0 Å². The molecule has 0 amide bonds. The molecule has 2 aromatic carbocycles. The third-order valence-electron chi connectivity index (χ3n) is 3.51. The first-order chi connectivity index (χ1) is 9.56. The highest BCUT2D eigenvalue weighted by molar-refractivity contribution is 9.09. The van der Waals surface area contributed by atoms with Gasteiger partial charge in [0.1, 0.15) is 5.82 Å². The lowest BCUT2D eigenvalue weighted by atomic mass is 9.95. The molecule has 0 aliphatic heterocycles. The Morgan fingerprint density at radius 2 is 1.80 bits per heavy atom. The molecule has 1 unspecified atom stereocenters. The summed E-state index contributed by atoms with van der Waals surface area (Å²) in [5.41, 5.74) is 4.68. The van der Waals surface area contributed by atoms with Gasteiger partial charge in [-0.05, 0) is 47.2 Å². The summed E-state index contributed by atoms with van der Waals surface area (Å²) in [6.45, 7) is 4.27. The standard InChI is InChI=1S/C17H17BrClF/c1-3-11-5-6-12(4-2)15(9-11)17(18)14-8-7-13(20)10-16(14)19/h5-10,17H,3-4H2,1-2H3. The maximum atomic E-state index is 13.2. The smallest absolute Gasteiger partial charge is 0.124 e. The molecule has 0 bridgehead atoms. The minimum Gasteiger partial charge on any atom is -0.207 e. The molecule has 0 saturated carbocycles. The average molecular weight is 356 g/mol. The lowest BCUT2D eigenvalue weighted by Gasteiger charge is -2.17. The van der Waals surface area contributed by atoms with E-state index in [1.807, 2.05) is 0 Å². The van der Waals surface area contributed by atoms with E-state index >= 15 is 0 Å². The Balaban J connectivity index is 2.48. The first-order valence-electron chi connectivity index (χ1n) is 6.77. The maximum absolute atomic E-state index is 13.2. The van der Waals surface area contributed by atoms with Crippen molar-refractivity contribution in [3.63, 3.8) is 0 Å². The lowest BCUT2D eigenvalue weighted by molar-refractivity contribution is 0.627. The molecule has 0 aliphatic carbocycles.